The monoisotopic (exact) mass is 202 g/mol. The van der Waals surface area contributed by atoms with Crippen LogP contribution in [-0.2, 0) is 5.41 Å². The summed E-state index contributed by atoms with van der Waals surface area (Å²) in [6.07, 6.45) is 1.67. The van der Waals surface area contributed by atoms with Gasteiger partial charge in [-0.15, -0.1) is 0 Å². The molecule has 0 aromatic heterocycles. The molecule has 0 N–H and O–H groups in total. The topological polar surface area (TPSA) is 17.1 Å². The number of fused-ring (bicyclic) bond motifs is 1. The second kappa shape index (κ2) is 3.19. The highest BCUT2D eigenvalue weighted by atomic mass is 16.1. The number of benzene rings is 1. The Labute approximate surface area is 91.5 Å². The third-order valence-electron chi connectivity index (χ3n) is 3.55. The molecular weight excluding hydrogens is 184 g/mol. The normalized spacial score (nSPS) is 18.8. The van der Waals surface area contributed by atoms with E-state index >= 15 is 0 Å². The van der Waals surface area contributed by atoms with E-state index in [0.29, 0.717) is 12.2 Å². The summed E-state index contributed by atoms with van der Waals surface area (Å²) < 4.78 is 0. The van der Waals surface area contributed by atoms with Gasteiger partial charge in [-0.25, -0.2) is 0 Å². The molecule has 0 heterocycles. The van der Waals surface area contributed by atoms with Crippen LogP contribution in [0, 0.1) is 13.8 Å². The first kappa shape index (κ1) is 10.4. The van der Waals surface area contributed by atoms with Crippen LogP contribution < -0.4 is 0 Å². The maximum absolute atomic E-state index is 11.9. The minimum Gasteiger partial charge on any atom is -0.294 e. The molecule has 2 rings (SSSR count). The zero-order chi connectivity index (χ0) is 11.2. The van der Waals surface area contributed by atoms with Crippen LogP contribution in [0.15, 0.2) is 12.1 Å². The Balaban J connectivity index is 2.77. The van der Waals surface area contributed by atoms with Crippen molar-refractivity contribution in [1.82, 2.24) is 0 Å². The zero-order valence-electron chi connectivity index (χ0n) is 9.98. The highest BCUT2D eigenvalue weighted by Gasteiger charge is 2.33. The fraction of sp³-hybridized carbons (Fsp3) is 0.500. The number of hydrogen-bond acceptors (Lipinski definition) is 1. The Morgan fingerprint density at radius 1 is 1.13 bits per heavy atom. The smallest absolute Gasteiger partial charge is 0.163 e. The molecule has 0 fully saturated rings. The fourth-order valence-corrected chi connectivity index (χ4v) is 2.72. The van der Waals surface area contributed by atoms with Crippen molar-refractivity contribution in [2.75, 3.05) is 0 Å². The van der Waals surface area contributed by atoms with Crippen LogP contribution in [0.4, 0.5) is 0 Å². The second-order valence-electron chi connectivity index (χ2n) is 5.26. The van der Waals surface area contributed by atoms with E-state index in [9.17, 15) is 4.79 Å². The molecule has 0 radical (unpaired) electrons. The number of rotatable bonds is 0. The number of Topliss-reactive ketones (excluding diaryl/α,β-unsaturated/α-hetero) is 1. The summed E-state index contributed by atoms with van der Waals surface area (Å²) in [5.41, 5.74) is 4.81. The summed E-state index contributed by atoms with van der Waals surface area (Å²) in [6.45, 7) is 8.63. The van der Waals surface area contributed by atoms with Crippen LogP contribution in [0.2, 0.25) is 0 Å². The summed E-state index contributed by atoms with van der Waals surface area (Å²) in [5, 5.41) is 0. The molecule has 0 spiro atoms. The fourth-order valence-electron chi connectivity index (χ4n) is 2.72. The summed E-state index contributed by atoms with van der Waals surface area (Å²) in [6, 6.07) is 4.20. The van der Waals surface area contributed by atoms with Gasteiger partial charge in [0.1, 0.15) is 0 Å². The zero-order valence-corrected chi connectivity index (χ0v) is 9.98. The maximum atomic E-state index is 11.9. The standard InChI is InChI=1S/C14H18O/c1-9-5-6-10(2)13-12(9)11(15)7-8-14(13,3)4/h5-6H,7-8H2,1-4H3. The van der Waals surface area contributed by atoms with Gasteiger partial charge in [-0.1, -0.05) is 26.0 Å². The Morgan fingerprint density at radius 3 is 2.33 bits per heavy atom. The largest absolute Gasteiger partial charge is 0.294 e. The highest BCUT2D eigenvalue weighted by Crippen LogP contribution is 2.39. The third-order valence-corrected chi connectivity index (χ3v) is 3.55. The summed E-state index contributed by atoms with van der Waals surface area (Å²) in [4.78, 5) is 11.9. The molecule has 1 nitrogen and oxygen atoms in total. The molecule has 0 aliphatic heterocycles. The Morgan fingerprint density at radius 2 is 1.73 bits per heavy atom. The van der Waals surface area contributed by atoms with E-state index in [1.165, 1.54) is 11.1 Å². The van der Waals surface area contributed by atoms with Crippen molar-refractivity contribution >= 4 is 5.78 Å². The van der Waals surface area contributed by atoms with E-state index in [2.05, 4.69) is 32.9 Å². The van der Waals surface area contributed by atoms with Crippen molar-refractivity contribution in [1.29, 1.82) is 0 Å². The van der Waals surface area contributed by atoms with Crippen LogP contribution >= 0.6 is 0 Å². The SMILES string of the molecule is Cc1ccc(C)c2c1C(=O)CCC2(C)C. The van der Waals surface area contributed by atoms with Crippen molar-refractivity contribution in [3.63, 3.8) is 0 Å². The van der Waals surface area contributed by atoms with Crippen LogP contribution in [0.5, 0.6) is 0 Å². The molecule has 0 atom stereocenters. The summed E-state index contributed by atoms with van der Waals surface area (Å²) >= 11 is 0. The third kappa shape index (κ3) is 1.50. The Bertz CT molecular complexity index is 427. The van der Waals surface area contributed by atoms with E-state index < -0.39 is 0 Å². The van der Waals surface area contributed by atoms with E-state index in [-0.39, 0.29) is 5.41 Å². The molecular formula is C14H18O. The van der Waals surface area contributed by atoms with Gasteiger partial charge >= 0.3 is 0 Å². The predicted molar refractivity (Wildman–Crippen MR) is 62.5 cm³/mol. The van der Waals surface area contributed by atoms with E-state index in [1.54, 1.807) is 0 Å². The first-order valence-corrected chi connectivity index (χ1v) is 5.57. The molecule has 0 amide bonds. The summed E-state index contributed by atoms with van der Waals surface area (Å²) in [5.74, 6) is 0.325. The molecule has 1 aliphatic carbocycles. The lowest BCUT2D eigenvalue weighted by Gasteiger charge is -2.34. The first-order valence-electron chi connectivity index (χ1n) is 5.57. The second-order valence-corrected chi connectivity index (χ2v) is 5.26. The highest BCUT2D eigenvalue weighted by molar-refractivity contribution is 6.00. The van der Waals surface area contributed by atoms with Crippen LogP contribution in [-0.4, -0.2) is 5.78 Å². The van der Waals surface area contributed by atoms with Gasteiger partial charge in [0.25, 0.3) is 0 Å². The predicted octanol–water partition coefficient (Wildman–Crippen LogP) is 3.56. The van der Waals surface area contributed by atoms with Crippen molar-refractivity contribution < 1.29 is 4.79 Å². The molecule has 1 heteroatoms. The van der Waals surface area contributed by atoms with Gasteiger partial charge in [0.2, 0.25) is 0 Å². The van der Waals surface area contributed by atoms with Crippen molar-refractivity contribution in [3.8, 4) is 0 Å². The quantitative estimate of drug-likeness (QED) is 0.628. The molecule has 15 heavy (non-hydrogen) atoms. The molecule has 1 aromatic rings. The average Bonchev–Trinajstić information content (AvgIpc) is 2.16. The minimum absolute atomic E-state index is 0.152. The van der Waals surface area contributed by atoms with E-state index in [4.69, 9.17) is 0 Å². The number of aryl methyl sites for hydroxylation is 2. The average molecular weight is 202 g/mol. The van der Waals surface area contributed by atoms with Gasteiger partial charge in [-0.2, -0.15) is 0 Å². The Kier molecular flexibility index (Phi) is 2.22. The van der Waals surface area contributed by atoms with Gasteiger partial charge in [-0.3, -0.25) is 4.79 Å². The molecule has 0 saturated heterocycles. The lowest BCUT2D eigenvalue weighted by molar-refractivity contribution is 0.0955. The number of ketones is 1. The van der Waals surface area contributed by atoms with E-state index in [0.717, 1.165) is 17.5 Å². The molecule has 0 bridgehead atoms. The lowest BCUT2D eigenvalue weighted by atomic mass is 9.69. The van der Waals surface area contributed by atoms with Crippen LogP contribution in [0.25, 0.3) is 0 Å². The van der Waals surface area contributed by atoms with Crippen molar-refractivity contribution in [2.24, 2.45) is 0 Å². The molecule has 0 unspecified atom stereocenters. The van der Waals surface area contributed by atoms with Crippen molar-refractivity contribution in [2.45, 2.75) is 46.0 Å². The maximum Gasteiger partial charge on any atom is 0.163 e. The van der Waals surface area contributed by atoms with E-state index in [1.807, 2.05) is 6.92 Å². The molecule has 0 saturated carbocycles. The molecule has 1 aliphatic rings. The minimum atomic E-state index is 0.152. The lowest BCUT2D eigenvalue weighted by Crippen LogP contribution is -2.29. The van der Waals surface area contributed by atoms with Gasteiger partial charge < -0.3 is 0 Å². The van der Waals surface area contributed by atoms with Crippen LogP contribution in [0.3, 0.4) is 0 Å². The van der Waals surface area contributed by atoms with Gasteiger partial charge in [0.15, 0.2) is 5.78 Å². The van der Waals surface area contributed by atoms with Crippen molar-refractivity contribution in [3.05, 3.63) is 34.4 Å². The van der Waals surface area contributed by atoms with Crippen LogP contribution in [0.1, 0.15) is 53.7 Å². The first-order chi connectivity index (χ1) is 6.93. The number of carbonyl (C=O) groups excluding carboxylic acids is 1. The van der Waals surface area contributed by atoms with Gasteiger partial charge in [0.05, 0.1) is 0 Å². The van der Waals surface area contributed by atoms with Gasteiger partial charge in [-0.05, 0) is 42.4 Å². The summed E-state index contributed by atoms with van der Waals surface area (Å²) in [7, 11) is 0. The molecule has 1 aromatic carbocycles. The molecule has 80 valence electrons. The number of hydrogen-bond donors (Lipinski definition) is 0. The number of carbonyl (C=O) groups is 1. The Hall–Kier alpha value is -1.11. The van der Waals surface area contributed by atoms with Gasteiger partial charge in [0, 0.05) is 12.0 Å².